The minimum atomic E-state index is 0.141. The maximum atomic E-state index is 11.6. The van der Waals surface area contributed by atoms with Gasteiger partial charge in [0.1, 0.15) is 0 Å². The lowest BCUT2D eigenvalue weighted by atomic mass is 10.1. The number of nitrogens with one attached hydrogen (secondary N) is 2. The number of carbonyl (C=O) groups is 1. The second-order valence-corrected chi connectivity index (χ2v) is 7.86. The van der Waals surface area contributed by atoms with Gasteiger partial charge in [-0.1, -0.05) is 12.1 Å². The van der Waals surface area contributed by atoms with Crippen molar-refractivity contribution in [2.75, 3.05) is 5.75 Å². The molecule has 4 heteroatoms. The van der Waals surface area contributed by atoms with Gasteiger partial charge in [-0.2, -0.15) is 0 Å². The van der Waals surface area contributed by atoms with Crippen molar-refractivity contribution in [3.8, 4) is 0 Å². The Balaban J connectivity index is 1.68. The van der Waals surface area contributed by atoms with E-state index in [1.165, 1.54) is 10.5 Å². The topological polar surface area (TPSA) is 41.1 Å². The quantitative estimate of drug-likeness (QED) is 0.759. The normalized spacial score (nSPS) is 15.0. The van der Waals surface area contributed by atoms with Crippen LogP contribution in [0.4, 0.5) is 0 Å². The van der Waals surface area contributed by atoms with E-state index in [0.717, 1.165) is 25.1 Å². The monoisotopic (exact) mass is 306 g/mol. The van der Waals surface area contributed by atoms with Gasteiger partial charge in [-0.15, -0.1) is 11.8 Å². The molecule has 0 atom stereocenters. The number of benzene rings is 1. The molecule has 3 nitrogen and oxygen atoms in total. The SMILES string of the molecule is CC(C)(C)NCc1ccc(SCCC(=O)NC2CC2)cc1. The van der Waals surface area contributed by atoms with Gasteiger partial charge in [-0.25, -0.2) is 0 Å². The summed E-state index contributed by atoms with van der Waals surface area (Å²) in [6.45, 7) is 7.40. The molecule has 1 aliphatic carbocycles. The number of thioether (sulfide) groups is 1. The van der Waals surface area contributed by atoms with Crippen LogP contribution in [0.1, 0.15) is 45.6 Å². The van der Waals surface area contributed by atoms with Gasteiger partial charge < -0.3 is 10.6 Å². The Hall–Kier alpha value is -1.00. The van der Waals surface area contributed by atoms with Crippen LogP contribution < -0.4 is 10.6 Å². The summed E-state index contributed by atoms with van der Waals surface area (Å²) in [4.78, 5) is 12.8. The standard InChI is InChI=1S/C17H26N2OS/c1-17(2,3)18-12-13-4-8-15(9-5-13)21-11-10-16(20)19-14-6-7-14/h4-5,8-9,14,18H,6-7,10-12H2,1-3H3,(H,19,20). The molecule has 0 aromatic heterocycles. The number of rotatable bonds is 7. The van der Waals surface area contributed by atoms with Crippen LogP contribution in [0.2, 0.25) is 0 Å². The molecule has 1 fully saturated rings. The summed E-state index contributed by atoms with van der Waals surface area (Å²) in [6.07, 6.45) is 2.92. The molecule has 0 saturated heterocycles. The van der Waals surface area contributed by atoms with Crippen LogP contribution in [0, 0.1) is 0 Å². The summed E-state index contributed by atoms with van der Waals surface area (Å²) in [5.41, 5.74) is 1.43. The van der Waals surface area contributed by atoms with E-state index in [4.69, 9.17) is 0 Å². The Morgan fingerprint density at radius 2 is 1.90 bits per heavy atom. The third kappa shape index (κ3) is 7.00. The fourth-order valence-electron chi connectivity index (χ4n) is 1.86. The molecule has 0 aliphatic heterocycles. The molecule has 2 rings (SSSR count). The van der Waals surface area contributed by atoms with Crippen LogP contribution in [0.15, 0.2) is 29.2 Å². The second kappa shape index (κ2) is 7.32. The van der Waals surface area contributed by atoms with Crippen LogP contribution >= 0.6 is 11.8 Å². The first-order valence-corrected chi connectivity index (χ1v) is 8.67. The molecule has 1 amide bonds. The molecule has 1 saturated carbocycles. The summed E-state index contributed by atoms with van der Waals surface area (Å²) in [5, 5.41) is 6.50. The highest BCUT2D eigenvalue weighted by Crippen LogP contribution is 2.21. The molecule has 1 aromatic carbocycles. The van der Waals surface area contributed by atoms with E-state index >= 15 is 0 Å². The molecule has 21 heavy (non-hydrogen) atoms. The van der Waals surface area contributed by atoms with Gasteiger partial charge in [-0.3, -0.25) is 4.79 Å². The van der Waals surface area contributed by atoms with Crippen molar-refractivity contribution in [3.05, 3.63) is 29.8 Å². The minimum absolute atomic E-state index is 0.141. The zero-order valence-corrected chi connectivity index (χ0v) is 14.1. The van der Waals surface area contributed by atoms with E-state index in [-0.39, 0.29) is 11.4 Å². The number of carbonyl (C=O) groups excluding carboxylic acids is 1. The zero-order valence-electron chi connectivity index (χ0n) is 13.2. The summed E-state index contributed by atoms with van der Waals surface area (Å²) in [6, 6.07) is 9.07. The van der Waals surface area contributed by atoms with E-state index in [9.17, 15) is 4.79 Å². The maximum Gasteiger partial charge on any atom is 0.221 e. The van der Waals surface area contributed by atoms with Gasteiger partial charge in [0, 0.05) is 35.2 Å². The molecule has 116 valence electrons. The van der Waals surface area contributed by atoms with Gasteiger partial charge >= 0.3 is 0 Å². The van der Waals surface area contributed by atoms with E-state index in [2.05, 4.69) is 55.7 Å². The number of amides is 1. The fraction of sp³-hybridized carbons (Fsp3) is 0.588. The molecule has 0 spiro atoms. The van der Waals surface area contributed by atoms with Crippen molar-refractivity contribution < 1.29 is 4.79 Å². The highest BCUT2D eigenvalue weighted by Gasteiger charge is 2.22. The molecule has 0 heterocycles. The summed E-state index contributed by atoms with van der Waals surface area (Å²) in [5.74, 6) is 1.04. The first-order chi connectivity index (χ1) is 9.92. The molecule has 0 radical (unpaired) electrons. The zero-order chi connectivity index (χ0) is 15.3. The first kappa shape index (κ1) is 16.4. The van der Waals surface area contributed by atoms with Crippen LogP contribution in [0.25, 0.3) is 0 Å². The average Bonchev–Trinajstić information content (AvgIpc) is 3.21. The van der Waals surface area contributed by atoms with Crippen molar-refractivity contribution in [1.82, 2.24) is 10.6 Å². The van der Waals surface area contributed by atoms with Crippen LogP contribution in [0.5, 0.6) is 0 Å². The lowest BCUT2D eigenvalue weighted by Crippen LogP contribution is -2.35. The minimum Gasteiger partial charge on any atom is -0.353 e. The van der Waals surface area contributed by atoms with E-state index in [0.29, 0.717) is 12.5 Å². The maximum absolute atomic E-state index is 11.6. The Kier molecular flexibility index (Phi) is 5.71. The predicted octanol–water partition coefficient (Wildman–Crippen LogP) is 3.34. The Morgan fingerprint density at radius 1 is 1.24 bits per heavy atom. The molecule has 0 unspecified atom stereocenters. The average molecular weight is 306 g/mol. The molecule has 1 aromatic rings. The van der Waals surface area contributed by atoms with E-state index < -0.39 is 0 Å². The highest BCUT2D eigenvalue weighted by molar-refractivity contribution is 7.99. The van der Waals surface area contributed by atoms with Gasteiger partial charge in [0.2, 0.25) is 5.91 Å². The molecule has 2 N–H and O–H groups in total. The van der Waals surface area contributed by atoms with Gasteiger partial charge in [0.25, 0.3) is 0 Å². The fourth-order valence-corrected chi connectivity index (χ4v) is 2.71. The third-order valence-corrected chi connectivity index (χ3v) is 4.30. The van der Waals surface area contributed by atoms with Crippen molar-refractivity contribution >= 4 is 17.7 Å². The number of hydrogen-bond donors (Lipinski definition) is 2. The lowest BCUT2D eigenvalue weighted by molar-refractivity contribution is -0.120. The van der Waals surface area contributed by atoms with Crippen molar-refractivity contribution in [2.45, 2.75) is 63.1 Å². The molecule has 0 bridgehead atoms. The summed E-state index contributed by atoms with van der Waals surface area (Å²) >= 11 is 1.75. The Morgan fingerprint density at radius 3 is 2.48 bits per heavy atom. The lowest BCUT2D eigenvalue weighted by Gasteiger charge is -2.20. The van der Waals surface area contributed by atoms with E-state index in [1.54, 1.807) is 11.8 Å². The second-order valence-electron chi connectivity index (χ2n) is 6.69. The largest absolute Gasteiger partial charge is 0.353 e. The van der Waals surface area contributed by atoms with Gasteiger partial charge in [0.15, 0.2) is 0 Å². The van der Waals surface area contributed by atoms with Crippen molar-refractivity contribution in [1.29, 1.82) is 0 Å². The molecule has 1 aliphatic rings. The Bertz CT molecular complexity index is 461. The van der Waals surface area contributed by atoms with Crippen molar-refractivity contribution in [2.24, 2.45) is 0 Å². The van der Waals surface area contributed by atoms with Gasteiger partial charge in [-0.05, 0) is 51.3 Å². The van der Waals surface area contributed by atoms with E-state index in [1.807, 2.05) is 0 Å². The van der Waals surface area contributed by atoms with Crippen LogP contribution in [-0.2, 0) is 11.3 Å². The Labute approximate surface area is 132 Å². The predicted molar refractivity (Wildman–Crippen MR) is 89.5 cm³/mol. The molecular weight excluding hydrogens is 280 g/mol. The third-order valence-electron chi connectivity index (χ3n) is 3.29. The van der Waals surface area contributed by atoms with Crippen LogP contribution in [-0.4, -0.2) is 23.2 Å². The smallest absolute Gasteiger partial charge is 0.221 e. The van der Waals surface area contributed by atoms with Gasteiger partial charge in [0.05, 0.1) is 0 Å². The van der Waals surface area contributed by atoms with Crippen molar-refractivity contribution in [3.63, 3.8) is 0 Å². The summed E-state index contributed by atoms with van der Waals surface area (Å²) in [7, 11) is 0. The summed E-state index contributed by atoms with van der Waals surface area (Å²) < 4.78 is 0. The highest BCUT2D eigenvalue weighted by atomic mass is 32.2. The number of hydrogen-bond acceptors (Lipinski definition) is 3. The molecular formula is C17H26N2OS. The van der Waals surface area contributed by atoms with Crippen LogP contribution in [0.3, 0.4) is 0 Å². The first-order valence-electron chi connectivity index (χ1n) is 7.68.